The molecule has 0 aromatic rings. The summed E-state index contributed by atoms with van der Waals surface area (Å²) in [6.07, 6.45) is 7.89. The van der Waals surface area contributed by atoms with Gasteiger partial charge in [-0.1, -0.05) is 26.7 Å². The van der Waals surface area contributed by atoms with Crippen molar-refractivity contribution in [3.05, 3.63) is 0 Å². The summed E-state index contributed by atoms with van der Waals surface area (Å²) in [5.41, 5.74) is 0. The lowest BCUT2D eigenvalue weighted by molar-refractivity contribution is 0.316. The van der Waals surface area contributed by atoms with Crippen LogP contribution in [0.1, 0.15) is 46.5 Å². The van der Waals surface area contributed by atoms with Crippen molar-refractivity contribution in [1.29, 1.82) is 0 Å². The van der Waals surface area contributed by atoms with E-state index in [4.69, 9.17) is 0 Å². The first-order valence-corrected chi connectivity index (χ1v) is 7.22. The van der Waals surface area contributed by atoms with Gasteiger partial charge in [0.15, 0.2) is 0 Å². The van der Waals surface area contributed by atoms with Crippen LogP contribution < -0.4 is 5.32 Å². The minimum absolute atomic E-state index is 0.660. The van der Waals surface area contributed by atoms with Crippen LogP contribution in [0.25, 0.3) is 0 Å². The van der Waals surface area contributed by atoms with Gasteiger partial charge in [-0.3, -0.25) is 0 Å². The largest absolute Gasteiger partial charge is 0.310 e. The van der Waals surface area contributed by atoms with Gasteiger partial charge in [0.05, 0.1) is 0 Å². The lowest BCUT2D eigenvalue weighted by Crippen LogP contribution is -2.46. The average molecular weight is 215 g/mol. The minimum atomic E-state index is 0.660. The number of hydrogen-bond donors (Lipinski definition) is 1. The van der Waals surface area contributed by atoms with E-state index in [2.05, 4.69) is 32.3 Å². The summed E-state index contributed by atoms with van der Waals surface area (Å²) in [7, 11) is 0. The Balaban J connectivity index is 2.40. The van der Waals surface area contributed by atoms with Gasteiger partial charge >= 0.3 is 0 Å². The van der Waals surface area contributed by atoms with Gasteiger partial charge in [-0.15, -0.1) is 0 Å². The summed E-state index contributed by atoms with van der Waals surface area (Å²) in [4.78, 5) is 0. The molecule has 1 aliphatic rings. The highest BCUT2D eigenvalue weighted by Crippen LogP contribution is 2.27. The second kappa shape index (κ2) is 6.02. The van der Waals surface area contributed by atoms with Crippen LogP contribution in [-0.4, -0.2) is 23.6 Å². The highest BCUT2D eigenvalue weighted by molar-refractivity contribution is 7.99. The molecule has 0 aromatic heterocycles. The molecule has 0 amide bonds. The Morgan fingerprint density at radius 1 is 1.14 bits per heavy atom. The summed E-state index contributed by atoms with van der Waals surface area (Å²) in [5.74, 6) is 0.749. The summed E-state index contributed by atoms with van der Waals surface area (Å²) in [5, 5.41) is 4.65. The Hall–Kier alpha value is 0.310. The Morgan fingerprint density at radius 2 is 1.79 bits per heavy atom. The van der Waals surface area contributed by atoms with Crippen molar-refractivity contribution >= 4 is 11.8 Å². The first-order valence-electron chi connectivity index (χ1n) is 5.94. The molecule has 84 valence electrons. The van der Waals surface area contributed by atoms with Gasteiger partial charge in [-0.2, -0.15) is 11.8 Å². The quantitative estimate of drug-likeness (QED) is 0.772. The molecular formula is C12H25NS. The summed E-state index contributed by atoms with van der Waals surface area (Å²) in [6.45, 7) is 6.92. The molecule has 1 aliphatic carbocycles. The van der Waals surface area contributed by atoms with E-state index in [-0.39, 0.29) is 0 Å². The molecule has 0 aliphatic heterocycles. The topological polar surface area (TPSA) is 12.0 Å². The molecule has 1 nitrogen and oxygen atoms in total. The second-order valence-corrected chi connectivity index (χ2v) is 5.94. The molecule has 0 bridgehead atoms. The molecule has 3 unspecified atom stereocenters. The van der Waals surface area contributed by atoms with E-state index in [0.717, 1.165) is 17.2 Å². The van der Waals surface area contributed by atoms with Gasteiger partial charge in [0, 0.05) is 17.3 Å². The maximum atomic E-state index is 3.80. The van der Waals surface area contributed by atoms with Gasteiger partial charge in [-0.25, -0.2) is 0 Å². The number of rotatable bonds is 4. The van der Waals surface area contributed by atoms with Crippen molar-refractivity contribution in [3.63, 3.8) is 0 Å². The van der Waals surface area contributed by atoms with Crippen LogP contribution in [0.15, 0.2) is 0 Å². The Bertz CT molecular complexity index is 158. The maximum Gasteiger partial charge on any atom is 0.0198 e. The Kier molecular flexibility index (Phi) is 5.32. The highest BCUT2D eigenvalue weighted by Gasteiger charge is 2.25. The molecule has 2 heteroatoms. The summed E-state index contributed by atoms with van der Waals surface area (Å²) in [6, 6.07) is 1.42. The maximum absolute atomic E-state index is 3.80. The normalized spacial score (nSPS) is 30.6. The lowest BCUT2D eigenvalue weighted by atomic mass is 9.93. The Morgan fingerprint density at radius 3 is 2.36 bits per heavy atom. The van der Waals surface area contributed by atoms with E-state index < -0.39 is 0 Å². The molecule has 1 N–H and O–H groups in total. The van der Waals surface area contributed by atoms with Gasteiger partial charge in [0.1, 0.15) is 0 Å². The van der Waals surface area contributed by atoms with Gasteiger partial charge in [-0.05, 0) is 31.9 Å². The van der Waals surface area contributed by atoms with Gasteiger partial charge < -0.3 is 5.32 Å². The summed E-state index contributed by atoms with van der Waals surface area (Å²) >= 11 is 2.05. The predicted molar refractivity (Wildman–Crippen MR) is 67.0 cm³/mol. The third-order valence-corrected chi connectivity index (χ3v) is 4.65. The van der Waals surface area contributed by atoms with Gasteiger partial charge in [0.2, 0.25) is 0 Å². The fourth-order valence-corrected chi connectivity index (χ4v) is 3.05. The smallest absolute Gasteiger partial charge is 0.0198 e. The van der Waals surface area contributed by atoms with E-state index >= 15 is 0 Å². The van der Waals surface area contributed by atoms with E-state index in [1.807, 2.05) is 11.8 Å². The monoisotopic (exact) mass is 215 g/mol. The molecule has 0 radical (unpaired) electrons. The number of thioether (sulfide) groups is 1. The van der Waals surface area contributed by atoms with Crippen LogP contribution >= 0.6 is 11.8 Å². The third kappa shape index (κ3) is 3.47. The standard InChI is InChI=1S/C12H25NS/c1-9(2)10(3)13-11-7-5-6-8-12(11)14-4/h9-13H,5-8H2,1-4H3. The van der Waals surface area contributed by atoms with Crippen LogP contribution in [0.5, 0.6) is 0 Å². The zero-order valence-electron chi connectivity index (χ0n) is 10.0. The molecule has 0 spiro atoms. The molecule has 14 heavy (non-hydrogen) atoms. The van der Waals surface area contributed by atoms with Gasteiger partial charge in [0.25, 0.3) is 0 Å². The number of hydrogen-bond acceptors (Lipinski definition) is 2. The zero-order valence-corrected chi connectivity index (χ0v) is 10.9. The van der Waals surface area contributed by atoms with Crippen molar-refractivity contribution in [3.8, 4) is 0 Å². The van der Waals surface area contributed by atoms with Crippen LogP contribution in [0.2, 0.25) is 0 Å². The van der Waals surface area contributed by atoms with Crippen LogP contribution in [0, 0.1) is 5.92 Å². The van der Waals surface area contributed by atoms with Crippen LogP contribution in [-0.2, 0) is 0 Å². The lowest BCUT2D eigenvalue weighted by Gasteiger charge is -2.34. The average Bonchev–Trinajstić information content (AvgIpc) is 2.18. The highest BCUT2D eigenvalue weighted by atomic mass is 32.2. The van der Waals surface area contributed by atoms with Crippen molar-refractivity contribution in [2.75, 3.05) is 6.26 Å². The fraction of sp³-hybridized carbons (Fsp3) is 1.00. The van der Waals surface area contributed by atoms with Crippen LogP contribution in [0.3, 0.4) is 0 Å². The Labute approximate surface area is 93.4 Å². The molecule has 1 fully saturated rings. The van der Waals surface area contributed by atoms with E-state index in [1.165, 1.54) is 25.7 Å². The molecular weight excluding hydrogens is 190 g/mol. The van der Waals surface area contributed by atoms with E-state index in [9.17, 15) is 0 Å². The molecule has 0 saturated heterocycles. The van der Waals surface area contributed by atoms with E-state index in [0.29, 0.717) is 6.04 Å². The van der Waals surface area contributed by atoms with Crippen molar-refractivity contribution in [2.24, 2.45) is 5.92 Å². The first kappa shape index (κ1) is 12.4. The molecule has 0 heterocycles. The second-order valence-electron chi connectivity index (χ2n) is 4.86. The molecule has 3 atom stereocenters. The number of nitrogens with one attached hydrogen (secondary N) is 1. The SMILES string of the molecule is CSC1CCCCC1NC(C)C(C)C. The minimum Gasteiger partial charge on any atom is -0.310 e. The molecule has 1 rings (SSSR count). The van der Waals surface area contributed by atoms with Crippen molar-refractivity contribution < 1.29 is 0 Å². The first-order chi connectivity index (χ1) is 6.65. The third-order valence-electron chi connectivity index (χ3n) is 3.48. The predicted octanol–water partition coefficient (Wildman–Crippen LogP) is 3.29. The zero-order chi connectivity index (χ0) is 10.6. The molecule has 1 saturated carbocycles. The molecule has 0 aromatic carbocycles. The van der Waals surface area contributed by atoms with Crippen molar-refractivity contribution in [2.45, 2.75) is 63.8 Å². The van der Waals surface area contributed by atoms with Crippen LogP contribution in [0.4, 0.5) is 0 Å². The van der Waals surface area contributed by atoms with E-state index in [1.54, 1.807) is 0 Å². The van der Waals surface area contributed by atoms with Crippen molar-refractivity contribution in [1.82, 2.24) is 5.32 Å². The summed E-state index contributed by atoms with van der Waals surface area (Å²) < 4.78 is 0. The fourth-order valence-electron chi connectivity index (χ4n) is 2.10.